The minimum absolute atomic E-state index is 0.0257. The Hall–Kier alpha value is -2.44. The van der Waals surface area contributed by atoms with Crippen molar-refractivity contribution >= 4 is 11.7 Å². The topological polar surface area (TPSA) is 75.9 Å². The number of anilines is 1. The van der Waals surface area contributed by atoms with Gasteiger partial charge in [-0.1, -0.05) is 18.9 Å². The second-order valence-electron chi connectivity index (χ2n) is 7.69. The van der Waals surface area contributed by atoms with E-state index in [1.165, 1.54) is 0 Å². The Bertz CT molecular complexity index is 734. The highest BCUT2D eigenvalue weighted by Crippen LogP contribution is 2.35. The minimum atomic E-state index is -0.0257. The molecule has 7 nitrogen and oxygen atoms in total. The molecule has 2 aromatic rings. The lowest BCUT2D eigenvalue weighted by Crippen LogP contribution is -2.54. The Morgan fingerprint density at radius 1 is 1.07 bits per heavy atom. The largest absolute Gasteiger partial charge is 0.365 e. The van der Waals surface area contributed by atoms with Crippen molar-refractivity contribution in [3.63, 3.8) is 0 Å². The summed E-state index contributed by atoms with van der Waals surface area (Å²) in [5, 5.41) is 12.2. The van der Waals surface area contributed by atoms with Gasteiger partial charge in [-0.05, 0) is 44.7 Å². The summed E-state index contributed by atoms with van der Waals surface area (Å²) < 4.78 is 0. The molecule has 4 atom stereocenters. The van der Waals surface area contributed by atoms with Crippen molar-refractivity contribution < 1.29 is 4.79 Å². The summed E-state index contributed by atoms with van der Waals surface area (Å²) in [5.74, 6) is 1.11. The molecule has 2 aliphatic rings. The fraction of sp³-hybridized carbons (Fsp3) is 0.600. The first kappa shape index (κ1) is 17.9. The predicted octanol–water partition coefficient (Wildman–Crippen LogP) is 2.90. The predicted molar refractivity (Wildman–Crippen MR) is 103 cm³/mol. The number of hydrogen-bond donors (Lipinski definition) is 1. The normalized spacial score (nSPS) is 28.7. The van der Waals surface area contributed by atoms with Gasteiger partial charge in [-0.3, -0.25) is 4.79 Å². The summed E-state index contributed by atoms with van der Waals surface area (Å²) in [4.78, 5) is 21.7. The van der Waals surface area contributed by atoms with E-state index in [4.69, 9.17) is 0 Å². The molecule has 1 aliphatic carbocycles. The summed E-state index contributed by atoms with van der Waals surface area (Å²) in [5.41, 5.74) is 0. The van der Waals surface area contributed by atoms with Crippen LogP contribution in [-0.4, -0.2) is 49.4 Å². The van der Waals surface area contributed by atoms with Gasteiger partial charge in [0.25, 0.3) is 0 Å². The molecule has 4 rings (SSSR count). The minimum Gasteiger partial charge on any atom is -0.365 e. The van der Waals surface area contributed by atoms with E-state index in [1.807, 2.05) is 18.2 Å². The Morgan fingerprint density at radius 2 is 1.89 bits per heavy atom. The number of rotatable bonds is 4. The van der Waals surface area contributed by atoms with Gasteiger partial charge in [0.15, 0.2) is 0 Å². The third-order valence-corrected chi connectivity index (χ3v) is 6.05. The first-order chi connectivity index (χ1) is 13.2. The van der Waals surface area contributed by atoms with E-state index in [0.717, 1.165) is 50.9 Å². The van der Waals surface area contributed by atoms with Gasteiger partial charge in [0.2, 0.25) is 5.91 Å². The van der Waals surface area contributed by atoms with Gasteiger partial charge < -0.3 is 10.2 Å². The highest BCUT2D eigenvalue weighted by molar-refractivity contribution is 5.80. The first-order valence-electron chi connectivity index (χ1n) is 10.1. The number of nitrogens with one attached hydrogen (secondary N) is 1. The molecule has 0 radical (unpaired) electrons. The van der Waals surface area contributed by atoms with Crippen LogP contribution >= 0.6 is 0 Å². The zero-order valence-electron chi connectivity index (χ0n) is 15.9. The molecular weight excluding hydrogens is 340 g/mol. The number of aromatic nitrogens is 4. The van der Waals surface area contributed by atoms with E-state index in [0.29, 0.717) is 0 Å². The third kappa shape index (κ3) is 3.82. The molecule has 3 heterocycles. The van der Waals surface area contributed by atoms with Gasteiger partial charge in [-0.15, -0.1) is 0 Å². The van der Waals surface area contributed by atoms with Crippen molar-refractivity contribution in [1.29, 1.82) is 0 Å². The summed E-state index contributed by atoms with van der Waals surface area (Å²) >= 11 is 0. The summed E-state index contributed by atoms with van der Waals surface area (Å²) in [6.45, 7) is 2.98. The van der Waals surface area contributed by atoms with E-state index in [9.17, 15) is 4.79 Å². The Balaban J connectivity index is 1.48. The summed E-state index contributed by atoms with van der Waals surface area (Å²) in [6.07, 6.45) is 11.4. The van der Waals surface area contributed by atoms with Crippen LogP contribution in [0.15, 0.2) is 36.8 Å². The zero-order valence-corrected chi connectivity index (χ0v) is 15.9. The molecular formula is C20H28N6O. The number of amides is 1. The van der Waals surface area contributed by atoms with Crippen LogP contribution in [0.5, 0.6) is 0 Å². The van der Waals surface area contributed by atoms with Crippen LogP contribution in [0.3, 0.4) is 0 Å². The molecule has 1 aliphatic heterocycles. The van der Waals surface area contributed by atoms with E-state index in [2.05, 4.69) is 32.3 Å². The van der Waals surface area contributed by atoms with Crippen LogP contribution in [0, 0.1) is 5.92 Å². The van der Waals surface area contributed by atoms with Crippen molar-refractivity contribution in [2.75, 3.05) is 11.9 Å². The van der Waals surface area contributed by atoms with Crippen molar-refractivity contribution in [3.05, 3.63) is 36.8 Å². The Morgan fingerprint density at radius 3 is 2.67 bits per heavy atom. The van der Waals surface area contributed by atoms with Crippen LogP contribution < -0.4 is 5.32 Å². The fourth-order valence-electron chi connectivity index (χ4n) is 4.57. The Labute approximate surface area is 160 Å². The van der Waals surface area contributed by atoms with Crippen molar-refractivity contribution in [3.8, 4) is 0 Å². The molecule has 0 aromatic carbocycles. The lowest BCUT2D eigenvalue weighted by atomic mass is 9.82. The van der Waals surface area contributed by atoms with E-state index >= 15 is 0 Å². The zero-order chi connectivity index (χ0) is 18.6. The molecule has 1 N–H and O–H groups in total. The number of carbonyl (C=O) groups excluding carboxylic acids is 1. The number of likely N-dealkylation sites (tertiary alicyclic amines) is 1. The van der Waals surface area contributed by atoms with Crippen LogP contribution in [0.4, 0.5) is 5.82 Å². The first-order valence-corrected chi connectivity index (χ1v) is 10.1. The lowest BCUT2D eigenvalue weighted by Gasteiger charge is -2.43. The smallest absolute Gasteiger partial charge is 0.228 e. The van der Waals surface area contributed by atoms with Gasteiger partial charge in [-0.2, -0.15) is 15.0 Å². The fourth-order valence-corrected chi connectivity index (χ4v) is 4.57. The van der Waals surface area contributed by atoms with Crippen LogP contribution in [-0.2, 0) is 4.79 Å². The molecule has 1 saturated carbocycles. The quantitative estimate of drug-likeness (QED) is 0.898. The average molecular weight is 368 g/mol. The second-order valence-corrected chi connectivity index (χ2v) is 7.69. The van der Waals surface area contributed by atoms with Crippen molar-refractivity contribution in [2.45, 2.75) is 63.6 Å². The maximum absolute atomic E-state index is 13.5. The number of piperidine rings is 1. The summed E-state index contributed by atoms with van der Waals surface area (Å²) in [6, 6.07) is 6.32. The molecule has 0 spiro atoms. The van der Waals surface area contributed by atoms with Crippen LogP contribution in [0.2, 0.25) is 0 Å². The monoisotopic (exact) mass is 368 g/mol. The van der Waals surface area contributed by atoms with Gasteiger partial charge in [-0.25, -0.2) is 4.98 Å². The number of pyridine rings is 1. The van der Waals surface area contributed by atoms with Gasteiger partial charge >= 0.3 is 0 Å². The molecule has 0 bridgehead atoms. The molecule has 1 unspecified atom stereocenters. The van der Waals surface area contributed by atoms with Crippen LogP contribution in [0.25, 0.3) is 0 Å². The van der Waals surface area contributed by atoms with Crippen molar-refractivity contribution in [2.24, 2.45) is 5.92 Å². The molecule has 27 heavy (non-hydrogen) atoms. The molecule has 1 amide bonds. The molecule has 144 valence electrons. The van der Waals surface area contributed by atoms with Crippen molar-refractivity contribution in [1.82, 2.24) is 24.9 Å². The second kappa shape index (κ2) is 8.06. The SMILES string of the molecule is C[C@H]1[C@H](Nc2ccccn2)CCCN1C(=O)C1CCCC[C@@H]1n1nccn1. The molecule has 7 heteroatoms. The molecule has 1 saturated heterocycles. The molecule has 2 fully saturated rings. The van der Waals surface area contributed by atoms with E-state index < -0.39 is 0 Å². The Kier molecular flexibility index (Phi) is 5.36. The van der Waals surface area contributed by atoms with E-state index in [1.54, 1.807) is 23.4 Å². The van der Waals surface area contributed by atoms with Gasteiger partial charge in [0, 0.05) is 24.8 Å². The standard InChI is InChI=1S/C20H28N6O/c1-15-17(24-19-10-4-5-11-21-19)8-6-14-25(15)20(27)16-7-2-3-9-18(16)26-22-12-13-23-26/h4-5,10-13,15-18H,2-3,6-9,14H2,1H3,(H,21,24)/t15-,16?,17+,18-/m0/s1. The number of carbonyl (C=O) groups is 1. The highest BCUT2D eigenvalue weighted by Gasteiger charge is 2.39. The average Bonchev–Trinajstić information content (AvgIpc) is 3.25. The van der Waals surface area contributed by atoms with Gasteiger partial charge in [0.05, 0.1) is 24.4 Å². The summed E-state index contributed by atoms with van der Waals surface area (Å²) in [7, 11) is 0. The molecule has 2 aromatic heterocycles. The van der Waals surface area contributed by atoms with Gasteiger partial charge in [0.1, 0.15) is 5.82 Å². The van der Waals surface area contributed by atoms with E-state index in [-0.39, 0.29) is 30.0 Å². The number of nitrogens with zero attached hydrogens (tertiary/aromatic N) is 5. The highest BCUT2D eigenvalue weighted by atomic mass is 16.2. The lowest BCUT2D eigenvalue weighted by molar-refractivity contribution is -0.142. The maximum atomic E-state index is 13.5. The third-order valence-electron chi connectivity index (χ3n) is 6.05. The maximum Gasteiger partial charge on any atom is 0.228 e. The number of hydrogen-bond acceptors (Lipinski definition) is 5. The van der Waals surface area contributed by atoms with Crippen LogP contribution in [0.1, 0.15) is 51.5 Å².